The van der Waals surface area contributed by atoms with Gasteiger partial charge >= 0.3 is 0 Å². The number of fused-ring (bicyclic) bond motifs is 1. The Labute approximate surface area is 92.5 Å². The molecule has 0 aliphatic carbocycles. The summed E-state index contributed by atoms with van der Waals surface area (Å²) in [6.45, 7) is 1.96. The molecule has 0 radical (unpaired) electrons. The maximum atomic E-state index is 5.92. The summed E-state index contributed by atoms with van der Waals surface area (Å²) in [6.07, 6.45) is 2.96. The second-order valence-electron chi connectivity index (χ2n) is 3.96. The Bertz CT molecular complexity index is 479. The molecule has 1 aliphatic heterocycles. The number of pyridine rings is 1. The van der Waals surface area contributed by atoms with Crippen LogP contribution in [-0.2, 0) is 0 Å². The number of hydrogen-bond donors (Lipinski definition) is 1. The molecule has 0 unspecified atom stereocenters. The van der Waals surface area contributed by atoms with E-state index < -0.39 is 0 Å². The average molecular weight is 219 g/mol. The summed E-state index contributed by atoms with van der Waals surface area (Å²) in [7, 11) is 0. The van der Waals surface area contributed by atoms with E-state index in [9.17, 15) is 0 Å². The molecule has 1 atom stereocenters. The highest BCUT2D eigenvalue weighted by Gasteiger charge is 2.21. The van der Waals surface area contributed by atoms with E-state index in [1.165, 1.54) is 10.1 Å². The SMILES string of the molecule is N[C@@H]1CCN(c2nccc3sccc23)C1. The molecule has 2 aromatic rings. The lowest BCUT2D eigenvalue weighted by atomic mass is 10.3. The molecule has 3 heterocycles. The lowest BCUT2D eigenvalue weighted by Gasteiger charge is -2.17. The lowest BCUT2D eigenvalue weighted by Crippen LogP contribution is -2.26. The molecule has 0 saturated carbocycles. The molecule has 3 rings (SSSR count). The van der Waals surface area contributed by atoms with Gasteiger partial charge in [-0.2, -0.15) is 0 Å². The minimum Gasteiger partial charge on any atom is -0.354 e. The van der Waals surface area contributed by atoms with Gasteiger partial charge in [0.25, 0.3) is 0 Å². The van der Waals surface area contributed by atoms with E-state index in [1.807, 2.05) is 6.20 Å². The molecule has 1 fully saturated rings. The maximum absolute atomic E-state index is 5.92. The van der Waals surface area contributed by atoms with Crippen molar-refractivity contribution in [2.75, 3.05) is 18.0 Å². The standard InChI is InChI=1S/C11H13N3S/c12-8-2-5-14(7-8)11-9-3-6-15-10(9)1-4-13-11/h1,3-4,6,8H,2,5,7,12H2/t8-/m1/s1. The van der Waals surface area contributed by atoms with Gasteiger partial charge in [-0.05, 0) is 23.9 Å². The van der Waals surface area contributed by atoms with Gasteiger partial charge in [0.2, 0.25) is 0 Å². The quantitative estimate of drug-likeness (QED) is 0.795. The summed E-state index contributed by atoms with van der Waals surface area (Å²) < 4.78 is 1.31. The van der Waals surface area contributed by atoms with E-state index in [4.69, 9.17) is 5.73 Å². The van der Waals surface area contributed by atoms with Crippen molar-refractivity contribution in [3.63, 3.8) is 0 Å². The average Bonchev–Trinajstić information content (AvgIpc) is 2.84. The summed E-state index contributed by atoms with van der Waals surface area (Å²) in [5.74, 6) is 1.10. The van der Waals surface area contributed by atoms with E-state index in [0.29, 0.717) is 6.04 Å². The van der Waals surface area contributed by atoms with Crippen molar-refractivity contribution in [3.05, 3.63) is 23.7 Å². The van der Waals surface area contributed by atoms with Gasteiger partial charge in [-0.1, -0.05) is 0 Å². The molecule has 0 amide bonds. The Morgan fingerprint density at radius 1 is 1.47 bits per heavy atom. The fraction of sp³-hybridized carbons (Fsp3) is 0.364. The predicted octanol–water partition coefficient (Wildman–Crippen LogP) is 1.83. The van der Waals surface area contributed by atoms with E-state index >= 15 is 0 Å². The predicted molar refractivity (Wildman–Crippen MR) is 64.4 cm³/mol. The molecule has 78 valence electrons. The van der Waals surface area contributed by atoms with Crippen LogP contribution in [0.4, 0.5) is 5.82 Å². The van der Waals surface area contributed by atoms with Crippen molar-refractivity contribution in [1.82, 2.24) is 4.98 Å². The van der Waals surface area contributed by atoms with Crippen LogP contribution in [0.5, 0.6) is 0 Å². The molecule has 1 saturated heterocycles. The third kappa shape index (κ3) is 1.50. The Hall–Kier alpha value is -1.13. The van der Waals surface area contributed by atoms with E-state index in [-0.39, 0.29) is 0 Å². The molecular formula is C11H13N3S. The van der Waals surface area contributed by atoms with Crippen LogP contribution in [0.25, 0.3) is 10.1 Å². The first-order valence-corrected chi connectivity index (χ1v) is 6.05. The highest BCUT2D eigenvalue weighted by molar-refractivity contribution is 7.17. The number of nitrogens with zero attached hydrogens (tertiary/aromatic N) is 2. The fourth-order valence-electron chi connectivity index (χ4n) is 2.11. The number of thiophene rings is 1. The topological polar surface area (TPSA) is 42.1 Å². The van der Waals surface area contributed by atoms with Crippen molar-refractivity contribution in [3.8, 4) is 0 Å². The Balaban J connectivity index is 2.06. The van der Waals surface area contributed by atoms with Crippen LogP contribution in [0.1, 0.15) is 6.42 Å². The van der Waals surface area contributed by atoms with Gasteiger partial charge in [0.05, 0.1) is 0 Å². The minimum absolute atomic E-state index is 0.306. The summed E-state index contributed by atoms with van der Waals surface area (Å²) in [5.41, 5.74) is 5.92. The van der Waals surface area contributed by atoms with Gasteiger partial charge in [-0.15, -0.1) is 11.3 Å². The van der Waals surface area contributed by atoms with Crippen molar-refractivity contribution >= 4 is 27.2 Å². The van der Waals surface area contributed by atoms with Crippen LogP contribution in [0.15, 0.2) is 23.7 Å². The third-order valence-electron chi connectivity index (χ3n) is 2.88. The van der Waals surface area contributed by atoms with Gasteiger partial charge < -0.3 is 10.6 Å². The van der Waals surface area contributed by atoms with Crippen LogP contribution >= 0.6 is 11.3 Å². The lowest BCUT2D eigenvalue weighted by molar-refractivity contribution is 0.752. The van der Waals surface area contributed by atoms with Crippen molar-refractivity contribution in [2.24, 2.45) is 5.73 Å². The van der Waals surface area contributed by atoms with Gasteiger partial charge in [0.15, 0.2) is 0 Å². The van der Waals surface area contributed by atoms with Gasteiger partial charge in [0, 0.05) is 35.4 Å². The zero-order valence-corrected chi connectivity index (χ0v) is 9.20. The highest BCUT2D eigenvalue weighted by atomic mass is 32.1. The van der Waals surface area contributed by atoms with E-state index in [2.05, 4.69) is 27.4 Å². The van der Waals surface area contributed by atoms with Crippen molar-refractivity contribution in [1.29, 1.82) is 0 Å². The summed E-state index contributed by atoms with van der Waals surface area (Å²) in [6, 6.07) is 4.52. The van der Waals surface area contributed by atoms with Crippen LogP contribution in [-0.4, -0.2) is 24.1 Å². The molecule has 0 bridgehead atoms. The van der Waals surface area contributed by atoms with Crippen molar-refractivity contribution < 1.29 is 0 Å². The number of anilines is 1. The molecular weight excluding hydrogens is 206 g/mol. The number of rotatable bonds is 1. The fourth-order valence-corrected chi connectivity index (χ4v) is 2.89. The summed E-state index contributed by atoms with van der Waals surface area (Å²) in [5, 5.41) is 3.38. The summed E-state index contributed by atoms with van der Waals surface area (Å²) in [4.78, 5) is 6.76. The zero-order valence-electron chi connectivity index (χ0n) is 8.39. The van der Waals surface area contributed by atoms with E-state index in [1.54, 1.807) is 11.3 Å². The summed E-state index contributed by atoms with van der Waals surface area (Å²) >= 11 is 1.76. The minimum atomic E-state index is 0.306. The number of aromatic nitrogens is 1. The Kier molecular flexibility index (Phi) is 2.11. The number of hydrogen-bond acceptors (Lipinski definition) is 4. The van der Waals surface area contributed by atoms with Gasteiger partial charge in [-0.25, -0.2) is 4.98 Å². The second-order valence-corrected chi connectivity index (χ2v) is 4.91. The first-order chi connectivity index (χ1) is 7.34. The molecule has 0 aromatic carbocycles. The van der Waals surface area contributed by atoms with Crippen molar-refractivity contribution in [2.45, 2.75) is 12.5 Å². The third-order valence-corrected chi connectivity index (χ3v) is 3.77. The second kappa shape index (κ2) is 3.47. The van der Waals surface area contributed by atoms with Gasteiger partial charge in [-0.3, -0.25) is 0 Å². The molecule has 3 nitrogen and oxygen atoms in total. The van der Waals surface area contributed by atoms with Crippen LogP contribution in [0.2, 0.25) is 0 Å². The Morgan fingerprint density at radius 3 is 3.20 bits per heavy atom. The van der Waals surface area contributed by atoms with Gasteiger partial charge in [0.1, 0.15) is 5.82 Å². The highest BCUT2D eigenvalue weighted by Crippen LogP contribution is 2.29. The monoisotopic (exact) mass is 219 g/mol. The smallest absolute Gasteiger partial charge is 0.137 e. The Morgan fingerprint density at radius 2 is 2.40 bits per heavy atom. The molecule has 0 spiro atoms. The maximum Gasteiger partial charge on any atom is 0.137 e. The van der Waals surface area contributed by atoms with Crippen LogP contribution < -0.4 is 10.6 Å². The number of nitrogens with two attached hydrogens (primary N) is 1. The largest absolute Gasteiger partial charge is 0.354 e. The first-order valence-electron chi connectivity index (χ1n) is 5.17. The molecule has 15 heavy (non-hydrogen) atoms. The molecule has 2 aromatic heterocycles. The molecule has 1 aliphatic rings. The zero-order chi connectivity index (χ0) is 10.3. The van der Waals surface area contributed by atoms with Crippen LogP contribution in [0.3, 0.4) is 0 Å². The molecule has 4 heteroatoms. The van der Waals surface area contributed by atoms with E-state index in [0.717, 1.165) is 25.3 Å². The van der Waals surface area contributed by atoms with Crippen LogP contribution in [0, 0.1) is 0 Å². The normalized spacial score (nSPS) is 21.4. The first kappa shape index (κ1) is 9.12. The molecule has 2 N–H and O–H groups in total.